The molecule has 0 amide bonds. The van der Waals surface area contributed by atoms with Crippen molar-refractivity contribution < 1.29 is 28.8 Å². The standard InChI is InChI=1S/C24H24N2O6/c1-29-17-9-5-15(6-10-17)14-32-21-4-2-3-18(22(21)24-30-11-12-31-24)19-13-20(23(27)28)26(25-19)16-7-8-16/h2-6,9-10,13,16,24H,7-8,11-12,14H2,1H3,(H,27,28). The monoisotopic (exact) mass is 436 g/mol. The van der Waals surface area contributed by atoms with E-state index in [0.717, 1.165) is 35.3 Å². The molecule has 2 aromatic carbocycles. The van der Waals surface area contributed by atoms with Gasteiger partial charge in [0.1, 0.15) is 23.8 Å². The van der Waals surface area contributed by atoms with Crippen LogP contribution in [0.1, 0.15) is 46.8 Å². The van der Waals surface area contributed by atoms with E-state index in [-0.39, 0.29) is 11.7 Å². The lowest BCUT2D eigenvalue weighted by Crippen LogP contribution is -2.08. The maximum Gasteiger partial charge on any atom is 0.354 e. The molecule has 8 nitrogen and oxygen atoms in total. The lowest BCUT2D eigenvalue weighted by molar-refractivity contribution is -0.0454. The van der Waals surface area contributed by atoms with Gasteiger partial charge in [-0.2, -0.15) is 5.10 Å². The summed E-state index contributed by atoms with van der Waals surface area (Å²) in [5.74, 6) is 0.408. The molecule has 3 aromatic rings. The highest BCUT2D eigenvalue weighted by Crippen LogP contribution is 2.41. The Kier molecular flexibility index (Phi) is 5.55. The molecule has 0 bridgehead atoms. The van der Waals surface area contributed by atoms with Crippen molar-refractivity contribution >= 4 is 5.97 Å². The number of methoxy groups -OCH3 is 1. The summed E-state index contributed by atoms with van der Waals surface area (Å²) in [6.45, 7) is 1.31. The van der Waals surface area contributed by atoms with Gasteiger partial charge in [-0.1, -0.05) is 24.3 Å². The highest BCUT2D eigenvalue weighted by Gasteiger charge is 2.32. The van der Waals surface area contributed by atoms with Gasteiger partial charge in [-0.15, -0.1) is 0 Å². The van der Waals surface area contributed by atoms with Crippen molar-refractivity contribution in [1.29, 1.82) is 0 Å². The van der Waals surface area contributed by atoms with Gasteiger partial charge in [0.05, 0.1) is 37.6 Å². The van der Waals surface area contributed by atoms with Gasteiger partial charge < -0.3 is 24.1 Å². The largest absolute Gasteiger partial charge is 0.497 e. The Balaban J connectivity index is 1.50. The van der Waals surface area contributed by atoms with Crippen LogP contribution in [0.4, 0.5) is 0 Å². The highest BCUT2D eigenvalue weighted by molar-refractivity contribution is 5.87. The minimum atomic E-state index is -0.988. The summed E-state index contributed by atoms with van der Waals surface area (Å²) in [6, 6.07) is 15.0. The molecule has 0 unspecified atom stereocenters. The number of carboxylic acid groups (broad SMARTS) is 1. The fourth-order valence-electron chi connectivity index (χ4n) is 3.83. The number of nitrogens with zero attached hydrogens (tertiary/aromatic N) is 2. The van der Waals surface area contributed by atoms with E-state index >= 15 is 0 Å². The predicted octanol–water partition coefficient (Wildman–Crippen LogP) is 4.22. The van der Waals surface area contributed by atoms with Crippen LogP contribution < -0.4 is 9.47 Å². The van der Waals surface area contributed by atoms with Crippen molar-refractivity contribution in [3.05, 3.63) is 65.4 Å². The first-order valence-corrected chi connectivity index (χ1v) is 10.6. The van der Waals surface area contributed by atoms with Crippen LogP contribution in [-0.4, -0.2) is 41.2 Å². The zero-order valence-electron chi connectivity index (χ0n) is 17.7. The molecular weight excluding hydrogens is 412 g/mol. The van der Waals surface area contributed by atoms with Crippen LogP contribution in [0.15, 0.2) is 48.5 Å². The van der Waals surface area contributed by atoms with E-state index < -0.39 is 12.3 Å². The SMILES string of the molecule is COc1ccc(COc2cccc(-c3cc(C(=O)O)n(C4CC4)n3)c2C2OCCO2)cc1. The summed E-state index contributed by atoms with van der Waals surface area (Å²) < 4.78 is 24.6. The number of aromatic nitrogens is 2. The number of hydrogen-bond acceptors (Lipinski definition) is 6. The summed E-state index contributed by atoms with van der Waals surface area (Å²) in [7, 11) is 1.63. The summed E-state index contributed by atoms with van der Waals surface area (Å²) in [6.07, 6.45) is 1.28. The van der Waals surface area contributed by atoms with Crippen molar-refractivity contribution in [3.63, 3.8) is 0 Å². The van der Waals surface area contributed by atoms with Gasteiger partial charge >= 0.3 is 5.97 Å². The van der Waals surface area contributed by atoms with E-state index in [1.165, 1.54) is 0 Å². The quantitative estimate of drug-likeness (QED) is 0.565. The number of hydrogen-bond donors (Lipinski definition) is 1. The molecule has 32 heavy (non-hydrogen) atoms. The molecule has 1 aliphatic heterocycles. The van der Waals surface area contributed by atoms with Crippen molar-refractivity contribution in [1.82, 2.24) is 9.78 Å². The predicted molar refractivity (Wildman–Crippen MR) is 115 cm³/mol. The molecule has 8 heteroatoms. The van der Waals surface area contributed by atoms with E-state index in [0.29, 0.717) is 31.3 Å². The molecule has 166 valence electrons. The lowest BCUT2D eigenvalue weighted by Gasteiger charge is -2.19. The third-order valence-corrected chi connectivity index (χ3v) is 5.60. The van der Waals surface area contributed by atoms with Crippen LogP contribution in [0, 0.1) is 0 Å². The van der Waals surface area contributed by atoms with Crippen LogP contribution in [0.25, 0.3) is 11.3 Å². The second kappa shape index (κ2) is 8.64. The van der Waals surface area contributed by atoms with Crippen LogP contribution in [-0.2, 0) is 16.1 Å². The van der Waals surface area contributed by atoms with Gasteiger partial charge in [-0.05, 0) is 42.7 Å². The maximum absolute atomic E-state index is 11.8. The Morgan fingerprint density at radius 1 is 1.16 bits per heavy atom. The van der Waals surface area contributed by atoms with Gasteiger partial charge in [0.15, 0.2) is 6.29 Å². The third kappa shape index (κ3) is 4.06. The van der Waals surface area contributed by atoms with Gasteiger partial charge in [0, 0.05) is 5.56 Å². The van der Waals surface area contributed by atoms with E-state index in [2.05, 4.69) is 5.10 Å². The number of rotatable bonds is 8. The fraction of sp³-hybridized carbons (Fsp3) is 0.333. The minimum Gasteiger partial charge on any atom is -0.497 e. The molecule has 1 N–H and O–H groups in total. The minimum absolute atomic E-state index is 0.145. The Morgan fingerprint density at radius 2 is 1.91 bits per heavy atom. The second-order valence-corrected chi connectivity index (χ2v) is 7.82. The first-order chi connectivity index (χ1) is 15.6. The molecule has 0 spiro atoms. The van der Waals surface area contributed by atoms with E-state index in [9.17, 15) is 9.90 Å². The molecule has 1 aromatic heterocycles. The number of benzene rings is 2. The molecule has 0 radical (unpaired) electrons. The average molecular weight is 436 g/mol. The van der Waals surface area contributed by atoms with Crippen LogP contribution in [0.3, 0.4) is 0 Å². The summed E-state index contributed by atoms with van der Waals surface area (Å²) in [5, 5.41) is 14.3. The molecular formula is C24H24N2O6. The molecule has 0 atom stereocenters. The Morgan fingerprint density at radius 3 is 2.56 bits per heavy atom. The lowest BCUT2D eigenvalue weighted by atomic mass is 10.0. The topological polar surface area (TPSA) is 92.0 Å². The van der Waals surface area contributed by atoms with Crippen LogP contribution in [0.5, 0.6) is 11.5 Å². The molecule has 2 aliphatic rings. The third-order valence-electron chi connectivity index (χ3n) is 5.60. The van der Waals surface area contributed by atoms with E-state index in [1.54, 1.807) is 17.9 Å². The average Bonchev–Trinajstić information content (AvgIpc) is 3.33. The van der Waals surface area contributed by atoms with Gasteiger partial charge in [0.25, 0.3) is 0 Å². The fourth-order valence-corrected chi connectivity index (χ4v) is 3.83. The van der Waals surface area contributed by atoms with E-state index in [1.807, 2.05) is 42.5 Å². The van der Waals surface area contributed by atoms with Gasteiger partial charge in [-0.25, -0.2) is 4.79 Å². The molecule has 1 saturated carbocycles. The van der Waals surface area contributed by atoms with Gasteiger partial charge in [0.2, 0.25) is 0 Å². The summed E-state index contributed by atoms with van der Waals surface area (Å²) in [5.41, 5.74) is 3.20. The normalized spacial score (nSPS) is 16.3. The first-order valence-electron chi connectivity index (χ1n) is 10.6. The Labute approximate surface area is 185 Å². The van der Waals surface area contributed by atoms with Crippen LogP contribution in [0.2, 0.25) is 0 Å². The van der Waals surface area contributed by atoms with Crippen LogP contribution >= 0.6 is 0 Å². The number of carboxylic acids is 1. The van der Waals surface area contributed by atoms with Crippen molar-refractivity contribution in [2.45, 2.75) is 31.8 Å². The summed E-state index contributed by atoms with van der Waals surface area (Å²) in [4.78, 5) is 11.8. The highest BCUT2D eigenvalue weighted by atomic mass is 16.7. The Hall–Kier alpha value is -3.36. The van der Waals surface area contributed by atoms with E-state index in [4.69, 9.17) is 18.9 Å². The molecule has 2 fully saturated rings. The Bertz CT molecular complexity index is 1110. The van der Waals surface area contributed by atoms with Crippen molar-refractivity contribution in [2.75, 3.05) is 20.3 Å². The van der Waals surface area contributed by atoms with Gasteiger partial charge in [-0.3, -0.25) is 4.68 Å². The van der Waals surface area contributed by atoms with Crippen molar-refractivity contribution in [2.24, 2.45) is 0 Å². The summed E-state index contributed by atoms with van der Waals surface area (Å²) >= 11 is 0. The first kappa shape index (κ1) is 20.5. The maximum atomic E-state index is 11.8. The molecule has 1 aliphatic carbocycles. The second-order valence-electron chi connectivity index (χ2n) is 7.82. The zero-order chi connectivity index (χ0) is 22.1. The smallest absolute Gasteiger partial charge is 0.354 e. The zero-order valence-corrected chi connectivity index (χ0v) is 17.7. The van der Waals surface area contributed by atoms with Crippen molar-refractivity contribution in [3.8, 4) is 22.8 Å². The number of aromatic carboxylic acids is 1. The molecule has 1 saturated heterocycles. The molecule has 2 heterocycles. The number of carbonyl (C=O) groups is 1. The number of ether oxygens (including phenoxy) is 4. The molecule has 5 rings (SSSR count).